The Kier molecular flexibility index (Phi) is 9.02. The Labute approximate surface area is 167 Å². The molecular formula is C22H44N2O3. The van der Waals surface area contributed by atoms with Crippen molar-refractivity contribution < 1.29 is 14.3 Å². The fraction of sp³-hybridized carbons (Fsp3) is 0.909. The number of hydrogen-bond acceptors (Lipinski definition) is 3. The Morgan fingerprint density at radius 1 is 0.926 bits per heavy atom. The first-order valence-corrected chi connectivity index (χ1v) is 10.2. The van der Waals surface area contributed by atoms with E-state index >= 15 is 0 Å². The van der Waals surface area contributed by atoms with Gasteiger partial charge >= 0.3 is 0 Å². The van der Waals surface area contributed by atoms with E-state index in [4.69, 9.17) is 10.5 Å². The number of ether oxygens (including phenoxy) is 1. The SMILES string of the molecule is CC(C)C(C)(C)CC(C)(C)C(=O)NCCC(C)(C)OCCC(C)(C)C(N)=O. The Bertz CT molecular complexity index is 506. The maximum Gasteiger partial charge on any atom is 0.225 e. The molecule has 5 heteroatoms. The number of amides is 2. The van der Waals surface area contributed by atoms with E-state index in [1.165, 1.54) is 0 Å². The number of carbonyl (C=O) groups is 2. The molecule has 3 N–H and O–H groups in total. The number of nitrogens with one attached hydrogen (secondary N) is 1. The molecule has 0 spiro atoms. The predicted octanol–water partition coefficient (Wildman–Crippen LogP) is 4.29. The average molecular weight is 385 g/mol. The van der Waals surface area contributed by atoms with Crippen LogP contribution in [0, 0.1) is 22.2 Å². The van der Waals surface area contributed by atoms with Gasteiger partial charge in [0.25, 0.3) is 0 Å². The summed E-state index contributed by atoms with van der Waals surface area (Å²) >= 11 is 0. The summed E-state index contributed by atoms with van der Waals surface area (Å²) in [6, 6.07) is 0. The van der Waals surface area contributed by atoms with E-state index in [1.807, 2.05) is 41.5 Å². The summed E-state index contributed by atoms with van der Waals surface area (Å²) in [6.45, 7) is 21.6. The molecule has 27 heavy (non-hydrogen) atoms. The zero-order chi connectivity index (χ0) is 21.7. The normalized spacial score (nSPS) is 13.7. The van der Waals surface area contributed by atoms with Crippen LogP contribution in [0.2, 0.25) is 0 Å². The van der Waals surface area contributed by atoms with Gasteiger partial charge < -0.3 is 15.8 Å². The fourth-order valence-electron chi connectivity index (χ4n) is 2.92. The molecule has 0 radical (unpaired) electrons. The van der Waals surface area contributed by atoms with Crippen LogP contribution in [0.15, 0.2) is 0 Å². The van der Waals surface area contributed by atoms with Crippen LogP contribution in [0.3, 0.4) is 0 Å². The molecule has 0 rings (SSSR count). The third-order valence-electron chi connectivity index (χ3n) is 5.97. The lowest BCUT2D eigenvalue weighted by Gasteiger charge is -2.37. The molecule has 0 atom stereocenters. The predicted molar refractivity (Wildman–Crippen MR) is 112 cm³/mol. The van der Waals surface area contributed by atoms with E-state index in [9.17, 15) is 9.59 Å². The van der Waals surface area contributed by atoms with Gasteiger partial charge in [-0.25, -0.2) is 0 Å². The Morgan fingerprint density at radius 3 is 1.89 bits per heavy atom. The monoisotopic (exact) mass is 384 g/mol. The summed E-state index contributed by atoms with van der Waals surface area (Å²) in [6.07, 6.45) is 2.13. The van der Waals surface area contributed by atoms with Crippen molar-refractivity contribution in [2.24, 2.45) is 27.9 Å². The second kappa shape index (κ2) is 9.40. The number of hydrogen-bond donors (Lipinski definition) is 2. The molecule has 0 aromatic rings. The van der Waals surface area contributed by atoms with Crippen molar-refractivity contribution in [3.8, 4) is 0 Å². The molecule has 2 amide bonds. The molecule has 0 fully saturated rings. The molecule has 0 aliphatic carbocycles. The molecule has 0 aromatic heterocycles. The maximum atomic E-state index is 12.7. The summed E-state index contributed by atoms with van der Waals surface area (Å²) in [4.78, 5) is 24.0. The minimum absolute atomic E-state index is 0.0851. The van der Waals surface area contributed by atoms with Crippen molar-refractivity contribution in [3.63, 3.8) is 0 Å². The summed E-state index contributed by atoms with van der Waals surface area (Å²) in [5.74, 6) is 0.283. The number of rotatable bonds is 12. The summed E-state index contributed by atoms with van der Waals surface area (Å²) < 4.78 is 5.94. The lowest BCUT2D eigenvalue weighted by atomic mass is 9.69. The number of primary amides is 1. The Morgan fingerprint density at radius 2 is 1.44 bits per heavy atom. The first-order valence-electron chi connectivity index (χ1n) is 10.2. The van der Waals surface area contributed by atoms with Crippen LogP contribution >= 0.6 is 0 Å². The molecule has 0 unspecified atom stereocenters. The van der Waals surface area contributed by atoms with E-state index in [2.05, 4.69) is 33.0 Å². The minimum Gasteiger partial charge on any atom is -0.375 e. The molecule has 0 aliphatic heterocycles. The lowest BCUT2D eigenvalue weighted by Crippen LogP contribution is -2.42. The molecule has 0 saturated carbocycles. The van der Waals surface area contributed by atoms with Crippen molar-refractivity contribution in [2.75, 3.05) is 13.2 Å². The van der Waals surface area contributed by atoms with Crippen LogP contribution in [0.25, 0.3) is 0 Å². The van der Waals surface area contributed by atoms with Crippen LogP contribution in [-0.2, 0) is 14.3 Å². The maximum absolute atomic E-state index is 12.7. The van der Waals surface area contributed by atoms with Gasteiger partial charge in [-0.15, -0.1) is 0 Å². The molecular weight excluding hydrogens is 340 g/mol. The van der Waals surface area contributed by atoms with Gasteiger partial charge in [-0.2, -0.15) is 0 Å². The minimum atomic E-state index is -0.572. The highest BCUT2D eigenvalue weighted by molar-refractivity contribution is 5.81. The highest BCUT2D eigenvalue weighted by atomic mass is 16.5. The molecule has 5 nitrogen and oxygen atoms in total. The number of nitrogens with two attached hydrogens (primary N) is 1. The lowest BCUT2D eigenvalue weighted by molar-refractivity contribution is -0.132. The van der Waals surface area contributed by atoms with Crippen molar-refractivity contribution in [1.82, 2.24) is 5.32 Å². The third-order valence-corrected chi connectivity index (χ3v) is 5.97. The number of carbonyl (C=O) groups excluding carboxylic acids is 2. The van der Waals surface area contributed by atoms with Gasteiger partial charge in [0, 0.05) is 24.0 Å². The largest absolute Gasteiger partial charge is 0.375 e. The van der Waals surface area contributed by atoms with E-state index in [0.717, 1.165) is 6.42 Å². The quantitative estimate of drug-likeness (QED) is 0.527. The van der Waals surface area contributed by atoms with Gasteiger partial charge in [0.05, 0.1) is 5.60 Å². The second-order valence-corrected chi connectivity index (χ2v) is 10.8. The van der Waals surface area contributed by atoms with Gasteiger partial charge in [0.2, 0.25) is 11.8 Å². The zero-order valence-electron chi connectivity index (χ0n) is 19.4. The van der Waals surface area contributed by atoms with Gasteiger partial charge in [-0.05, 0) is 44.4 Å². The zero-order valence-corrected chi connectivity index (χ0v) is 19.4. The molecule has 0 saturated heterocycles. The average Bonchev–Trinajstić information content (AvgIpc) is 2.44. The van der Waals surface area contributed by atoms with Crippen molar-refractivity contribution >= 4 is 11.8 Å². The summed E-state index contributed by atoms with van der Waals surface area (Å²) in [7, 11) is 0. The molecule has 160 valence electrons. The molecule has 0 bridgehead atoms. The smallest absolute Gasteiger partial charge is 0.225 e. The molecule has 0 heterocycles. The van der Waals surface area contributed by atoms with Crippen LogP contribution in [0.4, 0.5) is 0 Å². The van der Waals surface area contributed by atoms with E-state index < -0.39 is 10.8 Å². The highest BCUT2D eigenvalue weighted by Gasteiger charge is 2.36. The van der Waals surface area contributed by atoms with Crippen molar-refractivity contribution in [2.45, 2.75) is 94.1 Å². The van der Waals surface area contributed by atoms with Gasteiger partial charge in [-0.3, -0.25) is 9.59 Å². The van der Waals surface area contributed by atoms with Crippen LogP contribution in [0.1, 0.15) is 88.5 Å². The Balaban J connectivity index is 4.47. The van der Waals surface area contributed by atoms with E-state index in [0.29, 0.717) is 31.9 Å². The highest BCUT2D eigenvalue weighted by Crippen LogP contribution is 2.39. The topological polar surface area (TPSA) is 81.4 Å². The molecule has 0 aliphatic rings. The van der Waals surface area contributed by atoms with Crippen molar-refractivity contribution in [1.29, 1.82) is 0 Å². The standard InChI is InChI=1S/C22H44N2O3/c1-16(2)20(5,6)15-21(7,8)18(26)24-13-11-22(9,10)27-14-12-19(3,4)17(23)25/h16H,11-15H2,1-10H3,(H2,23,25)(H,24,26). The first-order chi connectivity index (χ1) is 11.9. The fourth-order valence-corrected chi connectivity index (χ4v) is 2.92. The summed E-state index contributed by atoms with van der Waals surface area (Å²) in [5.41, 5.74) is 4.15. The van der Waals surface area contributed by atoms with Crippen molar-refractivity contribution in [3.05, 3.63) is 0 Å². The third kappa shape index (κ3) is 9.09. The van der Waals surface area contributed by atoms with Crippen LogP contribution < -0.4 is 11.1 Å². The van der Waals surface area contributed by atoms with E-state index in [-0.39, 0.29) is 22.8 Å². The van der Waals surface area contributed by atoms with E-state index in [1.54, 1.807) is 0 Å². The van der Waals surface area contributed by atoms with Gasteiger partial charge in [0.1, 0.15) is 0 Å². The van der Waals surface area contributed by atoms with Gasteiger partial charge in [-0.1, -0.05) is 55.4 Å². The van der Waals surface area contributed by atoms with Crippen LogP contribution in [-0.4, -0.2) is 30.6 Å². The Hall–Kier alpha value is -1.10. The summed E-state index contributed by atoms with van der Waals surface area (Å²) in [5, 5.41) is 3.07. The second-order valence-electron chi connectivity index (χ2n) is 10.8. The first kappa shape index (κ1) is 25.9. The molecule has 0 aromatic carbocycles. The van der Waals surface area contributed by atoms with Crippen LogP contribution in [0.5, 0.6) is 0 Å². The van der Waals surface area contributed by atoms with Gasteiger partial charge in [0.15, 0.2) is 0 Å².